The van der Waals surface area contributed by atoms with Crippen LogP contribution in [0.3, 0.4) is 0 Å². The number of fused-ring (bicyclic) bond motifs is 2. The standard InChI is InChI=1S/C26H22N2O4S/c1-3-32-25(30)22-23(17-10-5-4-6-11-17)27-26-28(20(29)15-33-26)24(22)21-18-12-8-7-9-16(18)13-14-19(21)31-2/h4-14,24H,3,15H2,1-2H3/t24-/m1/s1. The van der Waals surface area contributed by atoms with Gasteiger partial charge in [-0.15, -0.1) is 0 Å². The highest BCUT2D eigenvalue weighted by Crippen LogP contribution is 2.48. The molecule has 2 heterocycles. The Balaban J connectivity index is 1.87. The highest BCUT2D eigenvalue weighted by molar-refractivity contribution is 8.15. The van der Waals surface area contributed by atoms with Crippen molar-refractivity contribution in [1.82, 2.24) is 4.90 Å². The Morgan fingerprint density at radius 2 is 1.85 bits per heavy atom. The summed E-state index contributed by atoms with van der Waals surface area (Å²) in [4.78, 5) is 33.0. The molecular formula is C26H22N2O4S. The van der Waals surface area contributed by atoms with Gasteiger partial charge < -0.3 is 9.47 Å². The van der Waals surface area contributed by atoms with Crippen molar-refractivity contribution >= 4 is 45.3 Å². The molecule has 2 aliphatic rings. The van der Waals surface area contributed by atoms with Crippen LogP contribution >= 0.6 is 11.8 Å². The molecule has 3 aromatic rings. The lowest BCUT2D eigenvalue weighted by Crippen LogP contribution is -2.40. The summed E-state index contributed by atoms with van der Waals surface area (Å²) in [6.07, 6.45) is 0. The molecule has 6 nitrogen and oxygen atoms in total. The topological polar surface area (TPSA) is 68.2 Å². The Kier molecular flexibility index (Phi) is 5.64. The van der Waals surface area contributed by atoms with E-state index in [0.717, 1.165) is 21.9 Å². The molecule has 3 aromatic carbocycles. The lowest BCUT2D eigenvalue weighted by atomic mass is 9.88. The summed E-state index contributed by atoms with van der Waals surface area (Å²) in [6, 6.07) is 20.5. The van der Waals surface area contributed by atoms with Crippen LogP contribution < -0.4 is 4.74 Å². The van der Waals surface area contributed by atoms with E-state index in [0.29, 0.717) is 22.2 Å². The van der Waals surface area contributed by atoms with Crippen molar-refractivity contribution in [2.75, 3.05) is 19.5 Å². The second kappa shape index (κ2) is 8.75. The van der Waals surface area contributed by atoms with E-state index < -0.39 is 12.0 Å². The van der Waals surface area contributed by atoms with Gasteiger partial charge in [0.25, 0.3) is 0 Å². The van der Waals surface area contributed by atoms with Crippen molar-refractivity contribution in [3.8, 4) is 5.75 Å². The van der Waals surface area contributed by atoms with Gasteiger partial charge >= 0.3 is 5.97 Å². The van der Waals surface area contributed by atoms with Gasteiger partial charge in [0.1, 0.15) is 11.8 Å². The molecule has 0 bridgehead atoms. The van der Waals surface area contributed by atoms with Crippen LogP contribution in [0.5, 0.6) is 5.75 Å². The summed E-state index contributed by atoms with van der Waals surface area (Å²) < 4.78 is 11.3. The number of amidine groups is 1. The molecule has 0 N–H and O–H groups in total. The number of methoxy groups -OCH3 is 1. The van der Waals surface area contributed by atoms with E-state index in [9.17, 15) is 9.59 Å². The molecule has 0 saturated carbocycles. The molecular weight excluding hydrogens is 436 g/mol. The van der Waals surface area contributed by atoms with E-state index in [-0.39, 0.29) is 18.3 Å². The zero-order chi connectivity index (χ0) is 22.9. The maximum absolute atomic E-state index is 13.5. The largest absolute Gasteiger partial charge is 0.496 e. The first-order chi connectivity index (χ1) is 16.1. The molecule has 1 saturated heterocycles. The van der Waals surface area contributed by atoms with Crippen LogP contribution in [0.1, 0.15) is 24.1 Å². The van der Waals surface area contributed by atoms with Crippen molar-refractivity contribution < 1.29 is 19.1 Å². The second-order valence-electron chi connectivity index (χ2n) is 7.60. The summed E-state index contributed by atoms with van der Waals surface area (Å²) in [5.74, 6) is 0.260. The van der Waals surface area contributed by atoms with Crippen molar-refractivity contribution in [1.29, 1.82) is 0 Å². The van der Waals surface area contributed by atoms with Crippen molar-refractivity contribution in [2.24, 2.45) is 4.99 Å². The average Bonchev–Trinajstić information content (AvgIpc) is 3.23. The maximum Gasteiger partial charge on any atom is 0.338 e. The lowest BCUT2D eigenvalue weighted by molar-refractivity contribution is -0.139. The van der Waals surface area contributed by atoms with Gasteiger partial charge in [-0.3, -0.25) is 9.69 Å². The molecule has 0 radical (unpaired) electrons. The maximum atomic E-state index is 13.5. The molecule has 2 aliphatic heterocycles. The molecule has 0 aromatic heterocycles. The Bertz CT molecular complexity index is 1320. The number of esters is 1. The molecule has 0 unspecified atom stereocenters. The first-order valence-corrected chi connectivity index (χ1v) is 11.7. The average molecular weight is 459 g/mol. The number of thioether (sulfide) groups is 1. The number of aliphatic imine (C=N–C) groups is 1. The SMILES string of the molecule is CCOC(=O)C1=C(c2ccccc2)N=C2SCC(=O)N2[C@@H]1c1c(OC)ccc2ccccc12. The van der Waals surface area contributed by atoms with Crippen LogP contribution in [0.2, 0.25) is 0 Å². The van der Waals surface area contributed by atoms with Gasteiger partial charge in [-0.2, -0.15) is 0 Å². The van der Waals surface area contributed by atoms with E-state index in [1.54, 1.807) is 18.9 Å². The smallest absolute Gasteiger partial charge is 0.338 e. The van der Waals surface area contributed by atoms with Gasteiger partial charge in [0.15, 0.2) is 5.17 Å². The monoisotopic (exact) mass is 458 g/mol. The van der Waals surface area contributed by atoms with E-state index in [1.165, 1.54) is 11.8 Å². The number of rotatable bonds is 5. The first-order valence-electron chi connectivity index (χ1n) is 10.7. The molecule has 1 amide bonds. The molecule has 166 valence electrons. The minimum Gasteiger partial charge on any atom is -0.496 e. The predicted octanol–water partition coefficient (Wildman–Crippen LogP) is 4.81. The summed E-state index contributed by atoms with van der Waals surface area (Å²) in [5, 5.41) is 2.47. The van der Waals surface area contributed by atoms with Crippen LogP contribution in [0.4, 0.5) is 0 Å². The Morgan fingerprint density at radius 3 is 2.61 bits per heavy atom. The minimum atomic E-state index is -0.727. The molecule has 5 rings (SSSR count). The molecule has 7 heteroatoms. The van der Waals surface area contributed by atoms with Crippen molar-refractivity contribution in [2.45, 2.75) is 13.0 Å². The number of ether oxygens (including phenoxy) is 2. The summed E-state index contributed by atoms with van der Waals surface area (Å²) >= 11 is 1.38. The van der Waals surface area contributed by atoms with Crippen molar-refractivity contribution in [3.63, 3.8) is 0 Å². The van der Waals surface area contributed by atoms with Crippen LogP contribution in [-0.4, -0.2) is 41.4 Å². The number of nitrogens with zero attached hydrogens (tertiary/aromatic N) is 2. The number of carbonyl (C=O) groups is 2. The Hall–Kier alpha value is -3.58. The number of benzene rings is 3. The van der Waals surface area contributed by atoms with Gasteiger partial charge in [0, 0.05) is 11.1 Å². The second-order valence-corrected chi connectivity index (χ2v) is 8.54. The molecule has 0 aliphatic carbocycles. The summed E-state index contributed by atoms with van der Waals surface area (Å²) in [5.41, 5.74) is 2.38. The fourth-order valence-corrected chi connectivity index (χ4v) is 5.26. The van der Waals surface area contributed by atoms with Gasteiger partial charge in [-0.25, -0.2) is 9.79 Å². The highest BCUT2D eigenvalue weighted by atomic mass is 32.2. The summed E-state index contributed by atoms with van der Waals surface area (Å²) in [7, 11) is 1.60. The Morgan fingerprint density at radius 1 is 1.09 bits per heavy atom. The predicted molar refractivity (Wildman–Crippen MR) is 130 cm³/mol. The normalized spacial score (nSPS) is 17.8. The number of amides is 1. The number of carbonyl (C=O) groups excluding carboxylic acids is 2. The van der Waals surface area contributed by atoms with E-state index in [4.69, 9.17) is 14.5 Å². The van der Waals surface area contributed by atoms with Crippen molar-refractivity contribution in [3.05, 3.63) is 83.4 Å². The number of hydrogen-bond donors (Lipinski definition) is 0. The Labute approximate surface area is 195 Å². The minimum absolute atomic E-state index is 0.104. The van der Waals surface area contributed by atoms with Crippen LogP contribution in [0.15, 0.2) is 77.3 Å². The zero-order valence-electron chi connectivity index (χ0n) is 18.3. The third-order valence-electron chi connectivity index (χ3n) is 5.76. The van der Waals surface area contributed by atoms with E-state index in [2.05, 4.69) is 0 Å². The zero-order valence-corrected chi connectivity index (χ0v) is 19.1. The van der Waals surface area contributed by atoms with Gasteiger partial charge in [-0.05, 0) is 23.8 Å². The molecule has 1 fully saturated rings. The summed E-state index contributed by atoms with van der Waals surface area (Å²) in [6.45, 7) is 1.98. The van der Waals surface area contributed by atoms with Crippen LogP contribution in [0, 0.1) is 0 Å². The fraction of sp³-hybridized carbons (Fsp3) is 0.192. The van der Waals surface area contributed by atoms with Crippen LogP contribution in [0.25, 0.3) is 16.5 Å². The van der Waals surface area contributed by atoms with Gasteiger partial charge in [0.05, 0.1) is 30.7 Å². The van der Waals surface area contributed by atoms with Gasteiger partial charge in [-0.1, -0.05) is 72.4 Å². The lowest BCUT2D eigenvalue weighted by Gasteiger charge is -2.34. The number of hydrogen-bond acceptors (Lipinski definition) is 6. The molecule has 0 spiro atoms. The van der Waals surface area contributed by atoms with E-state index >= 15 is 0 Å². The third kappa shape index (κ3) is 3.58. The van der Waals surface area contributed by atoms with E-state index in [1.807, 2.05) is 66.7 Å². The quantitative estimate of drug-likeness (QED) is 0.514. The van der Waals surface area contributed by atoms with Gasteiger partial charge in [0.2, 0.25) is 5.91 Å². The third-order valence-corrected chi connectivity index (χ3v) is 6.70. The first kappa shape index (κ1) is 21.3. The van der Waals surface area contributed by atoms with Crippen LogP contribution in [-0.2, 0) is 14.3 Å². The molecule has 1 atom stereocenters. The molecule has 33 heavy (non-hydrogen) atoms. The fourth-order valence-electron chi connectivity index (χ4n) is 4.37. The highest BCUT2D eigenvalue weighted by Gasteiger charge is 2.46.